The van der Waals surface area contributed by atoms with Crippen molar-refractivity contribution >= 4 is 5.82 Å². The van der Waals surface area contributed by atoms with Gasteiger partial charge in [-0.15, -0.1) is 0 Å². The van der Waals surface area contributed by atoms with Gasteiger partial charge in [0.25, 0.3) is 0 Å². The molecule has 2 rings (SSSR count). The number of hydrogen-bond donors (Lipinski definition) is 1. The summed E-state index contributed by atoms with van der Waals surface area (Å²) in [5, 5.41) is 17.7. The molecule has 0 bridgehead atoms. The second-order valence-corrected chi connectivity index (χ2v) is 4.15. The highest BCUT2D eigenvalue weighted by Crippen LogP contribution is 2.21. The Kier molecular flexibility index (Phi) is 4.45. The highest BCUT2D eigenvalue weighted by molar-refractivity contribution is 5.52. The average molecular weight is 248 g/mol. The molecule has 6 heteroatoms. The van der Waals surface area contributed by atoms with Crippen LogP contribution >= 0.6 is 0 Å². The Bertz CT molecular complexity index is 424. The molecular formula is C12H16N4O2. The third-order valence-corrected chi connectivity index (χ3v) is 3.00. The lowest BCUT2D eigenvalue weighted by molar-refractivity contribution is 0.0158. The van der Waals surface area contributed by atoms with Crippen molar-refractivity contribution in [3.8, 4) is 6.07 Å². The van der Waals surface area contributed by atoms with Crippen LogP contribution in [0.3, 0.4) is 0 Å². The van der Waals surface area contributed by atoms with Crippen LogP contribution in [0.25, 0.3) is 0 Å². The summed E-state index contributed by atoms with van der Waals surface area (Å²) >= 11 is 0. The molecule has 0 amide bonds. The van der Waals surface area contributed by atoms with Gasteiger partial charge in [-0.2, -0.15) is 5.26 Å². The molecular weight excluding hydrogens is 232 g/mol. The summed E-state index contributed by atoms with van der Waals surface area (Å²) in [5.41, 5.74) is 0.507. The number of aromatic nitrogens is 2. The second kappa shape index (κ2) is 6.28. The zero-order valence-electron chi connectivity index (χ0n) is 10.1. The molecule has 0 aromatic carbocycles. The van der Waals surface area contributed by atoms with Gasteiger partial charge in [0.15, 0.2) is 0 Å². The van der Waals surface area contributed by atoms with Crippen LogP contribution in [0.15, 0.2) is 12.5 Å². The summed E-state index contributed by atoms with van der Waals surface area (Å²) in [4.78, 5) is 10.1. The minimum absolute atomic E-state index is 0.0602. The quantitative estimate of drug-likeness (QED) is 0.826. The van der Waals surface area contributed by atoms with Gasteiger partial charge < -0.3 is 14.7 Å². The Labute approximate surface area is 106 Å². The van der Waals surface area contributed by atoms with Gasteiger partial charge in [-0.25, -0.2) is 9.97 Å². The maximum absolute atomic E-state index is 9.01. The molecule has 0 aliphatic carbocycles. The number of piperidine rings is 1. The van der Waals surface area contributed by atoms with E-state index >= 15 is 0 Å². The van der Waals surface area contributed by atoms with Crippen LogP contribution in [0.5, 0.6) is 0 Å². The fourth-order valence-corrected chi connectivity index (χ4v) is 2.11. The zero-order valence-corrected chi connectivity index (χ0v) is 10.1. The van der Waals surface area contributed by atoms with Crippen LogP contribution in [0.4, 0.5) is 5.82 Å². The highest BCUT2D eigenvalue weighted by Gasteiger charge is 2.22. The molecule has 96 valence electrons. The monoisotopic (exact) mass is 248 g/mol. The van der Waals surface area contributed by atoms with Gasteiger partial charge in [0.05, 0.1) is 25.5 Å². The number of rotatable bonds is 4. The van der Waals surface area contributed by atoms with E-state index in [4.69, 9.17) is 15.1 Å². The first-order chi connectivity index (χ1) is 8.85. The molecule has 0 unspecified atom stereocenters. The summed E-state index contributed by atoms with van der Waals surface area (Å²) in [5.74, 6) is 0.702. The molecule has 1 aromatic heterocycles. The molecule has 18 heavy (non-hydrogen) atoms. The minimum Gasteiger partial charge on any atom is -0.394 e. The van der Waals surface area contributed by atoms with Crippen LogP contribution in [-0.4, -0.2) is 47.5 Å². The number of nitrogens with zero attached hydrogens (tertiary/aromatic N) is 4. The van der Waals surface area contributed by atoms with Gasteiger partial charge in [0, 0.05) is 13.1 Å². The van der Waals surface area contributed by atoms with E-state index in [0.29, 0.717) is 18.0 Å². The van der Waals surface area contributed by atoms with Gasteiger partial charge in [-0.3, -0.25) is 0 Å². The predicted octanol–water partition coefficient (Wildman–Crippen LogP) is 0.326. The van der Waals surface area contributed by atoms with Crippen molar-refractivity contribution < 1.29 is 9.84 Å². The first kappa shape index (κ1) is 12.7. The number of nitriles is 1. The summed E-state index contributed by atoms with van der Waals surface area (Å²) < 4.78 is 5.50. The molecule has 1 aliphatic rings. The van der Waals surface area contributed by atoms with Crippen molar-refractivity contribution in [1.82, 2.24) is 9.97 Å². The number of aliphatic hydroxyl groups is 1. The second-order valence-electron chi connectivity index (χ2n) is 4.15. The number of ether oxygens (including phenoxy) is 1. The van der Waals surface area contributed by atoms with Crippen molar-refractivity contribution in [3.63, 3.8) is 0 Å². The van der Waals surface area contributed by atoms with Crippen molar-refractivity contribution in [1.29, 1.82) is 5.26 Å². The van der Waals surface area contributed by atoms with Crippen LogP contribution < -0.4 is 4.90 Å². The number of aliphatic hydroxyl groups excluding tert-OH is 1. The van der Waals surface area contributed by atoms with Crippen molar-refractivity contribution in [3.05, 3.63) is 18.1 Å². The lowest BCUT2D eigenvalue weighted by Crippen LogP contribution is -2.38. The maximum Gasteiger partial charge on any atom is 0.149 e. The molecule has 0 spiro atoms. The molecule has 0 saturated carbocycles. The lowest BCUT2D eigenvalue weighted by atomic mass is 10.1. The first-order valence-electron chi connectivity index (χ1n) is 6.02. The average Bonchev–Trinajstić information content (AvgIpc) is 2.45. The molecule has 2 heterocycles. The fourth-order valence-electron chi connectivity index (χ4n) is 2.11. The molecule has 1 aromatic rings. The topological polar surface area (TPSA) is 82.3 Å². The Hall–Kier alpha value is -1.71. The van der Waals surface area contributed by atoms with E-state index in [1.165, 1.54) is 12.5 Å². The van der Waals surface area contributed by atoms with Crippen LogP contribution in [0.2, 0.25) is 0 Å². The van der Waals surface area contributed by atoms with E-state index in [1.54, 1.807) is 0 Å². The smallest absolute Gasteiger partial charge is 0.149 e. The van der Waals surface area contributed by atoms with Gasteiger partial charge in [-0.1, -0.05) is 0 Å². The number of anilines is 1. The van der Waals surface area contributed by atoms with E-state index in [0.717, 1.165) is 25.9 Å². The highest BCUT2D eigenvalue weighted by atomic mass is 16.5. The summed E-state index contributed by atoms with van der Waals surface area (Å²) in [6.45, 7) is 2.07. The van der Waals surface area contributed by atoms with Crippen LogP contribution in [-0.2, 0) is 4.74 Å². The number of hydrogen-bond acceptors (Lipinski definition) is 6. The van der Waals surface area contributed by atoms with E-state index in [2.05, 4.69) is 20.9 Å². The predicted molar refractivity (Wildman–Crippen MR) is 65.0 cm³/mol. The standard InChI is InChI=1S/C12H16N4O2/c13-7-10-8-14-9-15-12(10)16-3-1-11(2-4-16)18-6-5-17/h8-9,11,17H,1-6H2. The van der Waals surface area contributed by atoms with E-state index in [1.807, 2.05) is 0 Å². The van der Waals surface area contributed by atoms with Gasteiger partial charge >= 0.3 is 0 Å². The molecule has 1 N–H and O–H groups in total. The van der Waals surface area contributed by atoms with Crippen molar-refractivity contribution in [2.24, 2.45) is 0 Å². The fraction of sp³-hybridized carbons (Fsp3) is 0.583. The molecule has 1 aliphatic heterocycles. The summed E-state index contributed by atoms with van der Waals surface area (Å²) in [6.07, 6.45) is 4.96. The third-order valence-electron chi connectivity index (χ3n) is 3.00. The largest absolute Gasteiger partial charge is 0.394 e. The minimum atomic E-state index is 0.0602. The Morgan fingerprint density at radius 2 is 2.28 bits per heavy atom. The molecule has 0 atom stereocenters. The first-order valence-corrected chi connectivity index (χ1v) is 6.02. The molecule has 0 radical (unpaired) electrons. The Morgan fingerprint density at radius 1 is 1.50 bits per heavy atom. The SMILES string of the molecule is N#Cc1cncnc1N1CCC(OCCO)CC1. The van der Waals surface area contributed by atoms with Crippen molar-refractivity contribution in [2.75, 3.05) is 31.2 Å². The molecule has 1 saturated heterocycles. The van der Waals surface area contributed by atoms with Gasteiger partial charge in [0.2, 0.25) is 0 Å². The third kappa shape index (κ3) is 2.94. The Balaban J connectivity index is 1.95. The maximum atomic E-state index is 9.01. The zero-order chi connectivity index (χ0) is 12.8. The summed E-state index contributed by atoms with van der Waals surface area (Å²) in [7, 11) is 0. The van der Waals surface area contributed by atoms with Crippen LogP contribution in [0, 0.1) is 11.3 Å². The normalized spacial score (nSPS) is 16.6. The Morgan fingerprint density at radius 3 is 2.94 bits per heavy atom. The van der Waals surface area contributed by atoms with Gasteiger partial charge in [0.1, 0.15) is 23.8 Å². The van der Waals surface area contributed by atoms with E-state index < -0.39 is 0 Å². The molecule has 1 fully saturated rings. The van der Waals surface area contributed by atoms with Crippen molar-refractivity contribution in [2.45, 2.75) is 18.9 Å². The summed E-state index contributed by atoms with van der Waals surface area (Å²) in [6, 6.07) is 2.11. The lowest BCUT2D eigenvalue weighted by Gasteiger charge is -2.32. The van der Waals surface area contributed by atoms with E-state index in [9.17, 15) is 0 Å². The van der Waals surface area contributed by atoms with E-state index in [-0.39, 0.29) is 12.7 Å². The molecule has 6 nitrogen and oxygen atoms in total. The van der Waals surface area contributed by atoms with Gasteiger partial charge in [-0.05, 0) is 12.8 Å². The van der Waals surface area contributed by atoms with Crippen LogP contribution in [0.1, 0.15) is 18.4 Å².